The van der Waals surface area contributed by atoms with Crippen LogP contribution < -0.4 is 0 Å². The molecule has 1 heterocycles. The molecule has 0 unspecified atom stereocenters. The normalized spacial score (nSPS) is 18.4. The monoisotopic (exact) mass is 279 g/mol. The molecule has 2 rings (SSSR count). The van der Waals surface area contributed by atoms with Gasteiger partial charge in [-0.3, -0.25) is 4.90 Å². The summed E-state index contributed by atoms with van der Waals surface area (Å²) in [4.78, 5) is 13.3. The van der Waals surface area contributed by atoms with Gasteiger partial charge in [0, 0.05) is 13.1 Å². The predicted molar refractivity (Wildman–Crippen MR) is 76.3 cm³/mol. The Balaban J connectivity index is 2.10. The highest BCUT2D eigenvalue weighted by atomic mass is 19.1. The molecule has 1 aromatic carbocycles. The zero-order chi connectivity index (χ0) is 14.8. The van der Waals surface area contributed by atoms with Crippen molar-refractivity contribution in [3.63, 3.8) is 0 Å². The van der Waals surface area contributed by atoms with Crippen molar-refractivity contribution in [2.75, 3.05) is 13.1 Å². The highest BCUT2D eigenvalue weighted by molar-refractivity contribution is 5.87. The van der Waals surface area contributed by atoms with Crippen molar-refractivity contribution in [2.24, 2.45) is 5.41 Å². The minimum absolute atomic E-state index is 0.0245. The van der Waals surface area contributed by atoms with Crippen LogP contribution in [0.25, 0.3) is 0 Å². The maximum Gasteiger partial charge on any atom is 0.335 e. The number of benzene rings is 1. The van der Waals surface area contributed by atoms with Crippen LogP contribution in [-0.4, -0.2) is 29.1 Å². The molecule has 0 saturated carbocycles. The van der Waals surface area contributed by atoms with E-state index in [1.165, 1.54) is 12.5 Å². The lowest BCUT2D eigenvalue weighted by Gasteiger charge is -2.26. The van der Waals surface area contributed by atoms with Crippen LogP contribution in [0.2, 0.25) is 0 Å². The third-order valence-electron chi connectivity index (χ3n) is 4.63. The van der Waals surface area contributed by atoms with E-state index in [-0.39, 0.29) is 5.56 Å². The van der Waals surface area contributed by atoms with Gasteiger partial charge in [0.15, 0.2) is 0 Å². The lowest BCUT2D eigenvalue weighted by molar-refractivity contribution is 0.0696. The van der Waals surface area contributed by atoms with Gasteiger partial charge in [0.05, 0.1) is 5.56 Å². The number of halogens is 1. The molecular formula is C16H22FNO2. The molecule has 1 N–H and O–H groups in total. The zero-order valence-electron chi connectivity index (χ0n) is 12.2. The number of hydrogen-bond donors (Lipinski definition) is 1. The smallest absolute Gasteiger partial charge is 0.335 e. The maximum atomic E-state index is 13.5. The van der Waals surface area contributed by atoms with Crippen LogP contribution in [0.15, 0.2) is 18.2 Å². The van der Waals surface area contributed by atoms with Gasteiger partial charge in [-0.1, -0.05) is 13.8 Å². The fraction of sp³-hybridized carbons (Fsp3) is 0.562. The first kappa shape index (κ1) is 15.0. The van der Waals surface area contributed by atoms with Crippen molar-refractivity contribution in [1.82, 2.24) is 4.90 Å². The van der Waals surface area contributed by atoms with E-state index in [0.29, 0.717) is 12.0 Å². The molecule has 0 amide bonds. The Kier molecular flexibility index (Phi) is 4.43. The van der Waals surface area contributed by atoms with Gasteiger partial charge >= 0.3 is 5.97 Å². The number of carbonyl (C=O) groups is 1. The van der Waals surface area contributed by atoms with Crippen molar-refractivity contribution >= 4 is 5.97 Å². The second kappa shape index (κ2) is 5.92. The van der Waals surface area contributed by atoms with Gasteiger partial charge in [-0.15, -0.1) is 0 Å². The molecule has 0 radical (unpaired) electrons. The minimum Gasteiger partial charge on any atom is -0.478 e. The van der Waals surface area contributed by atoms with Gasteiger partial charge < -0.3 is 5.11 Å². The molecule has 0 atom stereocenters. The molecule has 0 aromatic heterocycles. The first-order valence-electron chi connectivity index (χ1n) is 7.23. The molecule has 4 heteroatoms. The topological polar surface area (TPSA) is 40.5 Å². The summed E-state index contributed by atoms with van der Waals surface area (Å²) in [5, 5.41) is 8.97. The van der Waals surface area contributed by atoms with Crippen LogP contribution in [0.4, 0.5) is 4.39 Å². The first-order chi connectivity index (χ1) is 9.48. The van der Waals surface area contributed by atoms with E-state index in [1.54, 1.807) is 6.07 Å². The van der Waals surface area contributed by atoms with Crippen molar-refractivity contribution in [1.29, 1.82) is 0 Å². The van der Waals surface area contributed by atoms with Gasteiger partial charge in [0.1, 0.15) is 5.82 Å². The average Bonchev–Trinajstić information content (AvgIpc) is 2.82. The third kappa shape index (κ3) is 3.18. The number of carboxylic acids is 1. The molecule has 110 valence electrons. The Bertz CT molecular complexity index is 497. The largest absolute Gasteiger partial charge is 0.478 e. The van der Waals surface area contributed by atoms with Gasteiger partial charge in [-0.2, -0.15) is 0 Å². The van der Waals surface area contributed by atoms with Gasteiger partial charge in [0.2, 0.25) is 0 Å². The summed E-state index contributed by atoms with van der Waals surface area (Å²) < 4.78 is 13.5. The molecule has 1 aromatic rings. The van der Waals surface area contributed by atoms with E-state index in [9.17, 15) is 9.18 Å². The molecular weight excluding hydrogens is 257 g/mol. The summed E-state index contributed by atoms with van der Waals surface area (Å²) in [6.45, 7) is 7.08. The van der Waals surface area contributed by atoms with Gasteiger partial charge in [-0.25, -0.2) is 9.18 Å². The Labute approximate surface area is 119 Å². The molecule has 3 nitrogen and oxygen atoms in total. The summed E-state index contributed by atoms with van der Waals surface area (Å²) in [5.41, 5.74) is 1.14. The Morgan fingerprint density at radius 1 is 1.35 bits per heavy atom. The number of likely N-dealkylation sites (tertiary alicyclic amines) is 1. The number of hydrogen-bond acceptors (Lipinski definition) is 2. The van der Waals surface area contributed by atoms with Gasteiger partial charge in [0.25, 0.3) is 0 Å². The van der Waals surface area contributed by atoms with Gasteiger partial charge in [-0.05, 0) is 55.0 Å². The lowest BCUT2D eigenvalue weighted by Crippen LogP contribution is -2.26. The van der Waals surface area contributed by atoms with E-state index >= 15 is 0 Å². The second-order valence-corrected chi connectivity index (χ2v) is 5.82. The second-order valence-electron chi connectivity index (χ2n) is 5.82. The molecule has 20 heavy (non-hydrogen) atoms. The van der Waals surface area contributed by atoms with E-state index in [2.05, 4.69) is 18.7 Å². The van der Waals surface area contributed by atoms with Crippen molar-refractivity contribution in [3.8, 4) is 0 Å². The zero-order valence-corrected chi connectivity index (χ0v) is 12.2. The summed E-state index contributed by atoms with van der Waals surface area (Å²) in [6.07, 6.45) is 3.48. The fourth-order valence-corrected chi connectivity index (χ4v) is 3.11. The number of carboxylic acid groups (broad SMARTS) is 1. The lowest BCUT2D eigenvalue weighted by atomic mass is 9.82. The predicted octanol–water partition coefficient (Wildman–Crippen LogP) is 3.54. The molecule has 1 fully saturated rings. The molecule has 1 saturated heterocycles. The molecule has 0 bridgehead atoms. The highest BCUT2D eigenvalue weighted by Gasteiger charge is 2.34. The van der Waals surface area contributed by atoms with E-state index in [0.717, 1.165) is 37.6 Å². The number of nitrogens with zero attached hydrogens (tertiary/aromatic N) is 1. The summed E-state index contributed by atoms with van der Waals surface area (Å²) in [6, 6.07) is 4.08. The number of rotatable bonds is 5. The van der Waals surface area contributed by atoms with E-state index in [4.69, 9.17) is 5.11 Å². The van der Waals surface area contributed by atoms with Crippen molar-refractivity contribution in [2.45, 2.75) is 39.7 Å². The SMILES string of the molecule is CCC1(CC)CCN(Cc2cc(F)cc(C(=O)O)c2)C1. The van der Waals surface area contributed by atoms with Crippen LogP contribution in [-0.2, 0) is 6.54 Å². The highest BCUT2D eigenvalue weighted by Crippen LogP contribution is 2.37. The molecule has 0 spiro atoms. The molecule has 1 aliphatic rings. The fourth-order valence-electron chi connectivity index (χ4n) is 3.11. The van der Waals surface area contributed by atoms with Crippen LogP contribution >= 0.6 is 0 Å². The summed E-state index contributed by atoms with van der Waals surface area (Å²) in [5.74, 6) is -1.56. The third-order valence-corrected chi connectivity index (χ3v) is 4.63. The Morgan fingerprint density at radius 3 is 2.60 bits per heavy atom. The van der Waals surface area contributed by atoms with Crippen LogP contribution in [0, 0.1) is 11.2 Å². The van der Waals surface area contributed by atoms with Crippen molar-refractivity contribution in [3.05, 3.63) is 35.1 Å². The van der Waals surface area contributed by atoms with E-state index < -0.39 is 11.8 Å². The van der Waals surface area contributed by atoms with Crippen LogP contribution in [0.1, 0.15) is 49.0 Å². The summed E-state index contributed by atoms with van der Waals surface area (Å²) >= 11 is 0. The average molecular weight is 279 g/mol. The first-order valence-corrected chi connectivity index (χ1v) is 7.23. The summed E-state index contributed by atoms with van der Waals surface area (Å²) in [7, 11) is 0. The van der Waals surface area contributed by atoms with Crippen LogP contribution in [0.3, 0.4) is 0 Å². The van der Waals surface area contributed by atoms with Crippen LogP contribution in [0.5, 0.6) is 0 Å². The molecule has 0 aliphatic carbocycles. The van der Waals surface area contributed by atoms with Crippen molar-refractivity contribution < 1.29 is 14.3 Å². The van der Waals surface area contributed by atoms with E-state index in [1.807, 2.05) is 0 Å². The number of aromatic carboxylic acids is 1. The minimum atomic E-state index is -1.08. The Hall–Kier alpha value is -1.42. The standard InChI is InChI=1S/C16H22FNO2/c1-3-16(4-2)5-6-18(11-16)10-12-7-13(15(19)20)9-14(17)8-12/h7-9H,3-6,10-11H2,1-2H3,(H,19,20). The Morgan fingerprint density at radius 2 is 2.05 bits per heavy atom. The molecule has 1 aliphatic heterocycles. The maximum absolute atomic E-state index is 13.5. The quantitative estimate of drug-likeness (QED) is 0.896.